The van der Waals surface area contributed by atoms with Crippen LogP contribution in [0.25, 0.3) is 5.69 Å². The molecule has 15 heavy (non-hydrogen) atoms. The van der Waals surface area contributed by atoms with Gasteiger partial charge in [0.2, 0.25) is 4.77 Å². The number of benzene rings is 1. The topological polar surface area (TPSA) is 70.9 Å². The van der Waals surface area contributed by atoms with E-state index in [9.17, 15) is 4.79 Å². The summed E-state index contributed by atoms with van der Waals surface area (Å²) in [5, 5.41) is 11.5. The minimum Gasteiger partial charge on any atom is -0.478 e. The van der Waals surface area contributed by atoms with Crippen LogP contribution in [0.3, 0.4) is 0 Å². The Labute approximate surface area is 90.0 Å². The Morgan fingerprint density at radius 2 is 2.07 bits per heavy atom. The molecule has 0 saturated carbocycles. The fourth-order valence-corrected chi connectivity index (χ4v) is 1.31. The van der Waals surface area contributed by atoms with Crippen molar-refractivity contribution >= 4 is 18.2 Å². The van der Waals surface area contributed by atoms with Gasteiger partial charge in [0, 0.05) is 0 Å². The quantitative estimate of drug-likeness (QED) is 0.756. The van der Waals surface area contributed by atoms with Crippen LogP contribution in [0.4, 0.5) is 0 Å². The summed E-state index contributed by atoms with van der Waals surface area (Å²) in [6.07, 6.45) is 1.54. The van der Waals surface area contributed by atoms with Crippen LogP contribution in [0.1, 0.15) is 10.4 Å². The molecule has 0 saturated heterocycles. The van der Waals surface area contributed by atoms with E-state index in [-0.39, 0.29) is 5.56 Å². The van der Waals surface area contributed by atoms with E-state index in [1.54, 1.807) is 16.8 Å². The molecule has 0 aliphatic rings. The molecule has 2 aromatic rings. The van der Waals surface area contributed by atoms with Gasteiger partial charge in [0.15, 0.2) is 0 Å². The number of aromatic amines is 1. The van der Waals surface area contributed by atoms with E-state index in [1.807, 2.05) is 0 Å². The van der Waals surface area contributed by atoms with Crippen LogP contribution in [-0.4, -0.2) is 25.8 Å². The van der Waals surface area contributed by atoms with Gasteiger partial charge in [-0.1, -0.05) is 0 Å². The Balaban J connectivity index is 2.39. The smallest absolute Gasteiger partial charge is 0.335 e. The summed E-state index contributed by atoms with van der Waals surface area (Å²) in [7, 11) is 0. The third-order valence-corrected chi connectivity index (χ3v) is 2.10. The predicted octanol–water partition coefficient (Wildman–Crippen LogP) is 1.63. The Morgan fingerprint density at radius 1 is 1.40 bits per heavy atom. The molecule has 0 bridgehead atoms. The summed E-state index contributed by atoms with van der Waals surface area (Å²) in [6, 6.07) is 6.40. The van der Waals surface area contributed by atoms with Gasteiger partial charge in [0.05, 0.1) is 11.3 Å². The second kappa shape index (κ2) is 3.66. The molecule has 2 N–H and O–H groups in total. The molecule has 5 nitrogen and oxygen atoms in total. The number of H-pyrrole nitrogens is 1. The number of carboxylic acids is 1. The van der Waals surface area contributed by atoms with E-state index in [2.05, 4.69) is 10.1 Å². The third-order valence-electron chi connectivity index (χ3n) is 1.90. The van der Waals surface area contributed by atoms with Crippen LogP contribution < -0.4 is 0 Å². The molecule has 0 aliphatic heterocycles. The lowest BCUT2D eigenvalue weighted by atomic mass is 10.2. The summed E-state index contributed by atoms with van der Waals surface area (Å²) >= 11 is 4.82. The van der Waals surface area contributed by atoms with Crippen molar-refractivity contribution < 1.29 is 9.90 Å². The van der Waals surface area contributed by atoms with Crippen LogP contribution >= 0.6 is 12.2 Å². The highest BCUT2D eigenvalue weighted by atomic mass is 32.1. The van der Waals surface area contributed by atoms with E-state index < -0.39 is 5.97 Å². The normalized spacial score (nSPS) is 10.1. The molecule has 2 rings (SSSR count). The zero-order valence-electron chi connectivity index (χ0n) is 7.54. The Hall–Kier alpha value is -1.95. The zero-order chi connectivity index (χ0) is 10.8. The molecule has 1 heterocycles. The summed E-state index contributed by atoms with van der Waals surface area (Å²) in [5.41, 5.74) is 1.03. The van der Waals surface area contributed by atoms with Crippen molar-refractivity contribution in [3.63, 3.8) is 0 Å². The number of carboxylic acid groups (broad SMARTS) is 1. The van der Waals surface area contributed by atoms with Crippen molar-refractivity contribution in [2.45, 2.75) is 0 Å². The number of carbonyl (C=O) groups is 1. The van der Waals surface area contributed by atoms with Gasteiger partial charge >= 0.3 is 5.97 Å². The van der Waals surface area contributed by atoms with E-state index in [0.29, 0.717) is 4.77 Å². The van der Waals surface area contributed by atoms with E-state index in [0.717, 1.165) is 5.69 Å². The molecule has 0 unspecified atom stereocenters. The standard InChI is InChI=1S/C9H7N3O2S/c13-8(14)6-1-3-7(4-2-6)12-5-10-9(15)11-12/h1-5H,(H,11,15)(H,13,14). The van der Waals surface area contributed by atoms with Crippen LogP contribution in [0.2, 0.25) is 0 Å². The highest BCUT2D eigenvalue weighted by Crippen LogP contribution is 2.07. The number of nitrogens with one attached hydrogen (secondary N) is 1. The maximum atomic E-state index is 10.6. The lowest BCUT2D eigenvalue weighted by Gasteiger charge is -2.01. The molecule has 1 aromatic carbocycles. The van der Waals surface area contributed by atoms with Gasteiger partial charge in [-0.25, -0.2) is 14.5 Å². The van der Waals surface area contributed by atoms with Crippen LogP contribution in [0, 0.1) is 4.77 Å². The minimum absolute atomic E-state index is 0.248. The Bertz CT molecular complexity index is 541. The monoisotopic (exact) mass is 221 g/mol. The van der Waals surface area contributed by atoms with Crippen molar-refractivity contribution in [2.75, 3.05) is 0 Å². The molecule has 0 radical (unpaired) electrons. The van der Waals surface area contributed by atoms with Gasteiger partial charge in [0.1, 0.15) is 6.33 Å². The molecular formula is C9H7N3O2S. The van der Waals surface area contributed by atoms with Gasteiger partial charge in [0.25, 0.3) is 0 Å². The lowest BCUT2D eigenvalue weighted by molar-refractivity contribution is 0.0697. The summed E-state index contributed by atoms with van der Waals surface area (Å²) in [4.78, 5) is 14.5. The molecule has 1 aromatic heterocycles. The number of rotatable bonds is 2. The van der Waals surface area contributed by atoms with Gasteiger partial charge < -0.3 is 5.11 Å². The number of nitrogens with zero attached hydrogens (tertiary/aromatic N) is 2. The molecule has 76 valence electrons. The Morgan fingerprint density at radius 3 is 2.53 bits per heavy atom. The molecule has 0 spiro atoms. The second-order valence-corrected chi connectivity index (χ2v) is 3.27. The fourth-order valence-electron chi connectivity index (χ4n) is 1.17. The molecule has 0 atom stereocenters. The van der Waals surface area contributed by atoms with Crippen LogP contribution in [-0.2, 0) is 0 Å². The lowest BCUT2D eigenvalue weighted by Crippen LogP contribution is -1.98. The molecule has 6 heteroatoms. The predicted molar refractivity (Wildman–Crippen MR) is 55.7 cm³/mol. The highest BCUT2D eigenvalue weighted by Gasteiger charge is 2.02. The zero-order valence-corrected chi connectivity index (χ0v) is 8.36. The highest BCUT2D eigenvalue weighted by molar-refractivity contribution is 7.71. The minimum atomic E-state index is -0.944. The first-order chi connectivity index (χ1) is 7.16. The maximum absolute atomic E-state index is 10.6. The van der Waals surface area contributed by atoms with Crippen LogP contribution in [0.15, 0.2) is 30.6 Å². The van der Waals surface area contributed by atoms with Gasteiger partial charge in [-0.3, -0.25) is 5.10 Å². The average molecular weight is 221 g/mol. The largest absolute Gasteiger partial charge is 0.478 e. The van der Waals surface area contributed by atoms with E-state index in [4.69, 9.17) is 17.3 Å². The first-order valence-electron chi connectivity index (χ1n) is 4.14. The second-order valence-electron chi connectivity index (χ2n) is 2.88. The number of aromatic nitrogens is 3. The van der Waals surface area contributed by atoms with E-state index >= 15 is 0 Å². The SMILES string of the molecule is O=C(O)c1ccc(-n2cnc(=S)[nH]2)cc1. The first kappa shape index (κ1) is 9.60. The van der Waals surface area contributed by atoms with Crippen LogP contribution in [0.5, 0.6) is 0 Å². The molecule has 0 fully saturated rings. The summed E-state index contributed by atoms with van der Waals surface area (Å²) < 4.78 is 2.01. The van der Waals surface area contributed by atoms with Crippen molar-refractivity contribution in [3.8, 4) is 5.69 Å². The maximum Gasteiger partial charge on any atom is 0.335 e. The van der Waals surface area contributed by atoms with Crippen molar-refractivity contribution in [3.05, 3.63) is 40.9 Å². The summed E-state index contributed by atoms with van der Waals surface area (Å²) in [5.74, 6) is -0.944. The van der Waals surface area contributed by atoms with Crippen molar-refractivity contribution in [1.29, 1.82) is 0 Å². The van der Waals surface area contributed by atoms with Gasteiger partial charge in [-0.2, -0.15) is 0 Å². The number of aromatic carboxylic acids is 1. The van der Waals surface area contributed by atoms with Gasteiger partial charge in [-0.05, 0) is 36.5 Å². The van der Waals surface area contributed by atoms with Crippen molar-refractivity contribution in [2.24, 2.45) is 0 Å². The molecule has 0 amide bonds. The average Bonchev–Trinajstić information content (AvgIpc) is 2.65. The number of hydrogen-bond acceptors (Lipinski definition) is 3. The molecule has 0 aliphatic carbocycles. The third kappa shape index (κ3) is 1.94. The van der Waals surface area contributed by atoms with Crippen molar-refractivity contribution in [1.82, 2.24) is 14.8 Å². The number of hydrogen-bond donors (Lipinski definition) is 2. The Kier molecular flexibility index (Phi) is 2.34. The first-order valence-corrected chi connectivity index (χ1v) is 4.55. The van der Waals surface area contributed by atoms with E-state index in [1.165, 1.54) is 18.5 Å². The fraction of sp³-hybridized carbons (Fsp3) is 0. The molecular weight excluding hydrogens is 214 g/mol. The van der Waals surface area contributed by atoms with Gasteiger partial charge in [-0.15, -0.1) is 0 Å². The summed E-state index contributed by atoms with van der Waals surface area (Å²) in [6.45, 7) is 0.